The van der Waals surface area contributed by atoms with E-state index in [1.165, 1.54) is 17.1 Å². The van der Waals surface area contributed by atoms with Gasteiger partial charge in [0.05, 0.1) is 6.61 Å². The van der Waals surface area contributed by atoms with Crippen molar-refractivity contribution in [2.45, 2.75) is 77.3 Å². The lowest BCUT2D eigenvalue weighted by Crippen LogP contribution is -2.52. The minimum Gasteiger partial charge on any atom is -0.395 e. The Kier molecular flexibility index (Phi) is 8.02. The van der Waals surface area contributed by atoms with Crippen molar-refractivity contribution in [1.29, 1.82) is 0 Å². The Morgan fingerprint density at radius 2 is 2.05 bits per heavy atom. The number of hydrogen-bond donors (Lipinski definition) is 2. The van der Waals surface area contributed by atoms with Crippen LogP contribution in [0.2, 0.25) is 0 Å². The van der Waals surface area contributed by atoms with Crippen LogP contribution in [-0.4, -0.2) is 43.1 Å². The topological polar surface area (TPSA) is 69.6 Å². The van der Waals surface area contributed by atoms with E-state index >= 15 is 0 Å². The molecule has 0 spiro atoms. The summed E-state index contributed by atoms with van der Waals surface area (Å²) in [6.07, 6.45) is 8.10. The fourth-order valence-corrected chi connectivity index (χ4v) is 4.43. The fraction of sp³-hybridized carbons (Fsp3) is 1.00. The third kappa shape index (κ3) is 5.68. The first-order chi connectivity index (χ1) is 9.51. The molecule has 2 atom stereocenters. The molecule has 1 saturated heterocycles. The average Bonchev–Trinajstić information content (AvgIpc) is 2.43. The standard InChI is InChI=1S/C14H30N2O3S/c1-3-4-5-6-9-13(2)15-20(18,19)16-11-8-7-10-14(16)12-17/h13-15,17H,3-12H2,1-2H3. The van der Waals surface area contributed by atoms with Crippen LogP contribution >= 0.6 is 0 Å². The summed E-state index contributed by atoms with van der Waals surface area (Å²) >= 11 is 0. The van der Waals surface area contributed by atoms with Crippen molar-refractivity contribution in [2.24, 2.45) is 0 Å². The zero-order valence-electron chi connectivity index (χ0n) is 12.8. The third-order valence-electron chi connectivity index (χ3n) is 3.93. The molecule has 120 valence electrons. The monoisotopic (exact) mass is 306 g/mol. The maximum atomic E-state index is 12.4. The summed E-state index contributed by atoms with van der Waals surface area (Å²) in [4.78, 5) is 0. The lowest BCUT2D eigenvalue weighted by Gasteiger charge is -2.34. The first-order valence-corrected chi connectivity index (χ1v) is 9.35. The molecule has 0 aliphatic carbocycles. The van der Waals surface area contributed by atoms with Gasteiger partial charge in [0, 0.05) is 18.6 Å². The van der Waals surface area contributed by atoms with Crippen LogP contribution < -0.4 is 4.72 Å². The summed E-state index contributed by atoms with van der Waals surface area (Å²) < 4.78 is 28.9. The number of aliphatic hydroxyl groups is 1. The highest BCUT2D eigenvalue weighted by Crippen LogP contribution is 2.20. The van der Waals surface area contributed by atoms with Crippen molar-refractivity contribution in [3.63, 3.8) is 0 Å². The van der Waals surface area contributed by atoms with Gasteiger partial charge < -0.3 is 5.11 Å². The molecule has 1 aliphatic heterocycles. The predicted octanol–water partition coefficient (Wildman–Crippen LogP) is 2.03. The van der Waals surface area contributed by atoms with Gasteiger partial charge in [-0.25, -0.2) is 0 Å². The summed E-state index contributed by atoms with van der Waals surface area (Å²) in [5.74, 6) is 0. The molecule has 20 heavy (non-hydrogen) atoms. The van der Waals surface area contributed by atoms with Crippen LogP contribution in [0.5, 0.6) is 0 Å². The van der Waals surface area contributed by atoms with Gasteiger partial charge in [-0.1, -0.05) is 39.0 Å². The quantitative estimate of drug-likeness (QED) is 0.640. The van der Waals surface area contributed by atoms with Crippen LogP contribution in [0, 0.1) is 0 Å². The fourth-order valence-electron chi connectivity index (χ4n) is 2.73. The molecule has 0 aromatic heterocycles. The summed E-state index contributed by atoms with van der Waals surface area (Å²) in [7, 11) is -3.46. The number of unbranched alkanes of at least 4 members (excludes halogenated alkanes) is 3. The van der Waals surface area contributed by atoms with Gasteiger partial charge in [0.15, 0.2) is 0 Å². The Hall–Kier alpha value is -0.170. The number of piperidine rings is 1. The van der Waals surface area contributed by atoms with Crippen molar-refractivity contribution < 1.29 is 13.5 Å². The van der Waals surface area contributed by atoms with E-state index in [1.807, 2.05) is 6.92 Å². The Morgan fingerprint density at radius 3 is 2.70 bits per heavy atom. The van der Waals surface area contributed by atoms with E-state index < -0.39 is 10.2 Å². The summed E-state index contributed by atoms with van der Waals surface area (Å²) in [6, 6.07) is -0.299. The molecular formula is C14H30N2O3S. The zero-order valence-corrected chi connectivity index (χ0v) is 13.7. The SMILES string of the molecule is CCCCCCC(C)NS(=O)(=O)N1CCCCC1CO. The molecule has 6 heteroatoms. The molecule has 5 nitrogen and oxygen atoms in total. The van der Waals surface area contributed by atoms with Gasteiger partial charge in [0.1, 0.15) is 0 Å². The molecule has 0 radical (unpaired) electrons. The van der Waals surface area contributed by atoms with Crippen LogP contribution in [0.3, 0.4) is 0 Å². The maximum absolute atomic E-state index is 12.4. The Labute approximate surface area is 123 Å². The van der Waals surface area contributed by atoms with Crippen LogP contribution in [0.15, 0.2) is 0 Å². The second-order valence-corrected chi connectivity index (χ2v) is 7.47. The largest absolute Gasteiger partial charge is 0.395 e. The van der Waals surface area contributed by atoms with E-state index in [0.717, 1.165) is 38.5 Å². The molecular weight excluding hydrogens is 276 g/mol. The summed E-state index contributed by atoms with van der Waals surface area (Å²) in [5.41, 5.74) is 0. The molecule has 0 aromatic carbocycles. The summed E-state index contributed by atoms with van der Waals surface area (Å²) in [5, 5.41) is 9.33. The highest BCUT2D eigenvalue weighted by molar-refractivity contribution is 7.87. The zero-order chi connectivity index (χ0) is 15.0. The van der Waals surface area contributed by atoms with Gasteiger partial charge in [-0.15, -0.1) is 0 Å². The number of nitrogens with zero attached hydrogens (tertiary/aromatic N) is 1. The summed E-state index contributed by atoms with van der Waals surface area (Å²) in [6.45, 7) is 4.51. The van der Waals surface area contributed by atoms with Gasteiger partial charge in [-0.05, 0) is 26.2 Å². The average molecular weight is 306 g/mol. The number of hydrogen-bond acceptors (Lipinski definition) is 3. The smallest absolute Gasteiger partial charge is 0.280 e. The highest BCUT2D eigenvalue weighted by Gasteiger charge is 2.32. The van der Waals surface area contributed by atoms with Gasteiger partial charge in [0.25, 0.3) is 10.2 Å². The molecule has 0 bridgehead atoms. The molecule has 0 saturated carbocycles. The third-order valence-corrected chi connectivity index (χ3v) is 5.73. The van der Waals surface area contributed by atoms with E-state index in [1.54, 1.807) is 0 Å². The molecule has 1 heterocycles. The Bertz CT molecular complexity index is 359. The van der Waals surface area contributed by atoms with E-state index in [9.17, 15) is 13.5 Å². The second-order valence-electron chi connectivity index (χ2n) is 5.82. The van der Waals surface area contributed by atoms with E-state index in [-0.39, 0.29) is 18.7 Å². The predicted molar refractivity (Wildman–Crippen MR) is 81.7 cm³/mol. The van der Waals surface area contributed by atoms with Crippen LogP contribution in [0.4, 0.5) is 0 Å². The number of rotatable bonds is 9. The molecule has 0 aromatic rings. The Morgan fingerprint density at radius 1 is 1.30 bits per heavy atom. The molecule has 1 rings (SSSR count). The second kappa shape index (κ2) is 8.97. The number of nitrogens with one attached hydrogen (secondary N) is 1. The molecule has 1 fully saturated rings. The molecule has 2 N–H and O–H groups in total. The first kappa shape index (κ1) is 17.9. The van der Waals surface area contributed by atoms with Crippen molar-refractivity contribution in [3.8, 4) is 0 Å². The molecule has 1 aliphatic rings. The Balaban J connectivity index is 2.46. The lowest BCUT2D eigenvalue weighted by molar-refractivity contribution is 0.153. The van der Waals surface area contributed by atoms with Gasteiger partial charge in [-0.2, -0.15) is 17.4 Å². The van der Waals surface area contributed by atoms with Gasteiger partial charge >= 0.3 is 0 Å². The van der Waals surface area contributed by atoms with Crippen LogP contribution in [0.25, 0.3) is 0 Å². The van der Waals surface area contributed by atoms with E-state index in [0.29, 0.717) is 6.54 Å². The highest BCUT2D eigenvalue weighted by atomic mass is 32.2. The van der Waals surface area contributed by atoms with Crippen molar-refractivity contribution in [3.05, 3.63) is 0 Å². The molecule has 2 unspecified atom stereocenters. The van der Waals surface area contributed by atoms with E-state index in [4.69, 9.17) is 0 Å². The van der Waals surface area contributed by atoms with Crippen molar-refractivity contribution >= 4 is 10.2 Å². The van der Waals surface area contributed by atoms with Crippen molar-refractivity contribution in [1.82, 2.24) is 9.03 Å². The van der Waals surface area contributed by atoms with E-state index in [2.05, 4.69) is 11.6 Å². The normalized spacial score (nSPS) is 22.9. The van der Waals surface area contributed by atoms with Crippen LogP contribution in [-0.2, 0) is 10.2 Å². The van der Waals surface area contributed by atoms with Gasteiger partial charge in [-0.3, -0.25) is 0 Å². The first-order valence-electron chi connectivity index (χ1n) is 7.91. The minimum atomic E-state index is -3.46. The minimum absolute atomic E-state index is 0.0434. The van der Waals surface area contributed by atoms with Crippen LogP contribution in [0.1, 0.15) is 65.2 Å². The number of aliphatic hydroxyl groups excluding tert-OH is 1. The maximum Gasteiger partial charge on any atom is 0.280 e. The lowest BCUT2D eigenvalue weighted by atomic mass is 10.1. The molecule has 0 amide bonds. The van der Waals surface area contributed by atoms with Gasteiger partial charge in [0.2, 0.25) is 0 Å². The van der Waals surface area contributed by atoms with Crippen molar-refractivity contribution in [2.75, 3.05) is 13.2 Å².